The SMILES string of the molecule is CCOc1ccc(S(=O)(=O)Nc2ccc3c(c2)CCN3C(=O)COC)cc1F. The van der Waals surface area contributed by atoms with E-state index in [1.54, 1.807) is 30.0 Å². The molecule has 0 aromatic heterocycles. The minimum Gasteiger partial charge on any atom is -0.491 e. The summed E-state index contributed by atoms with van der Waals surface area (Å²) >= 11 is 0. The lowest BCUT2D eigenvalue weighted by molar-refractivity contribution is -0.122. The maximum atomic E-state index is 14.0. The van der Waals surface area contributed by atoms with E-state index in [2.05, 4.69) is 4.72 Å². The Morgan fingerprint density at radius 1 is 1.25 bits per heavy atom. The number of hydrogen-bond acceptors (Lipinski definition) is 5. The fourth-order valence-corrected chi connectivity index (χ4v) is 4.12. The number of nitrogens with one attached hydrogen (secondary N) is 1. The predicted octanol–water partition coefficient (Wildman–Crippen LogP) is 2.56. The first-order valence-corrected chi connectivity index (χ1v) is 10.2. The van der Waals surface area contributed by atoms with Crippen molar-refractivity contribution in [2.24, 2.45) is 0 Å². The van der Waals surface area contributed by atoms with Crippen LogP contribution in [-0.4, -0.2) is 41.2 Å². The van der Waals surface area contributed by atoms with Crippen LogP contribution in [0.1, 0.15) is 12.5 Å². The van der Waals surface area contributed by atoms with Gasteiger partial charge >= 0.3 is 0 Å². The number of amides is 1. The van der Waals surface area contributed by atoms with E-state index in [1.807, 2.05) is 0 Å². The summed E-state index contributed by atoms with van der Waals surface area (Å²) in [6.45, 7) is 2.48. The van der Waals surface area contributed by atoms with Gasteiger partial charge < -0.3 is 14.4 Å². The highest BCUT2D eigenvalue weighted by atomic mass is 32.2. The summed E-state index contributed by atoms with van der Waals surface area (Å²) in [6, 6.07) is 8.43. The van der Waals surface area contributed by atoms with Gasteiger partial charge in [0, 0.05) is 25.0 Å². The Bertz CT molecular complexity index is 994. The Morgan fingerprint density at radius 2 is 2.04 bits per heavy atom. The van der Waals surface area contributed by atoms with Crippen LogP contribution in [0.15, 0.2) is 41.3 Å². The van der Waals surface area contributed by atoms with Gasteiger partial charge in [0.1, 0.15) is 6.61 Å². The molecule has 0 saturated carbocycles. The fourth-order valence-electron chi connectivity index (χ4n) is 3.06. The van der Waals surface area contributed by atoms with Crippen LogP contribution in [-0.2, 0) is 26.0 Å². The lowest BCUT2D eigenvalue weighted by atomic mass is 10.1. The van der Waals surface area contributed by atoms with E-state index in [1.165, 1.54) is 19.2 Å². The maximum absolute atomic E-state index is 14.0. The Balaban J connectivity index is 1.80. The molecule has 1 aliphatic heterocycles. The number of fused-ring (bicyclic) bond motifs is 1. The number of halogens is 1. The molecule has 2 aromatic rings. The van der Waals surface area contributed by atoms with Crippen molar-refractivity contribution in [1.82, 2.24) is 0 Å². The summed E-state index contributed by atoms with van der Waals surface area (Å²) in [4.78, 5) is 13.5. The van der Waals surface area contributed by atoms with E-state index in [0.717, 1.165) is 17.3 Å². The number of ether oxygens (including phenoxy) is 2. The molecule has 0 atom stereocenters. The number of hydrogen-bond donors (Lipinski definition) is 1. The van der Waals surface area contributed by atoms with Crippen LogP contribution in [0.2, 0.25) is 0 Å². The normalized spacial score (nSPS) is 13.3. The van der Waals surface area contributed by atoms with E-state index in [-0.39, 0.29) is 29.8 Å². The number of anilines is 2. The Labute approximate surface area is 163 Å². The van der Waals surface area contributed by atoms with Gasteiger partial charge in [-0.3, -0.25) is 9.52 Å². The molecular weight excluding hydrogens is 387 g/mol. The molecule has 2 aromatic carbocycles. The van der Waals surface area contributed by atoms with Crippen molar-refractivity contribution in [3.8, 4) is 5.75 Å². The summed E-state index contributed by atoms with van der Waals surface area (Å²) < 4.78 is 51.6. The van der Waals surface area contributed by atoms with Gasteiger partial charge in [-0.1, -0.05) is 0 Å². The molecule has 0 spiro atoms. The molecule has 0 aliphatic carbocycles. The molecule has 0 bridgehead atoms. The van der Waals surface area contributed by atoms with Crippen molar-refractivity contribution < 1.29 is 27.1 Å². The van der Waals surface area contributed by atoms with Crippen molar-refractivity contribution in [2.75, 3.05) is 36.5 Å². The summed E-state index contributed by atoms with van der Waals surface area (Å²) in [5.41, 5.74) is 1.92. The fraction of sp³-hybridized carbons (Fsp3) is 0.316. The summed E-state index contributed by atoms with van der Waals surface area (Å²) in [7, 11) is -2.51. The van der Waals surface area contributed by atoms with E-state index < -0.39 is 15.8 Å². The second-order valence-electron chi connectivity index (χ2n) is 6.20. The van der Waals surface area contributed by atoms with Crippen LogP contribution in [0.4, 0.5) is 15.8 Å². The van der Waals surface area contributed by atoms with Crippen LogP contribution in [0.25, 0.3) is 0 Å². The van der Waals surface area contributed by atoms with Gasteiger partial charge in [-0.05, 0) is 55.3 Å². The number of methoxy groups -OCH3 is 1. The van der Waals surface area contributed by atoms with Crippen molar-refractivity contribution in [1.29, 1.82) is 0 Å². The van der Waals surface area contributed by atoms with Gasteiger partial charge in [0.05, 0.1) is 11.5 Å². The topological polar surface area (TPSA) is 84.9 Å². The van der Waals surface area contributed by atoms with Gasteiger partial charge in [-0.15, -0.1) is 0 Å². The molecule has 1 N–H and O–H groups in total. The average Bonchev–Trinajstić information content (AvgIpc) is 3.06. The Morgan fingerprint density at radius 3 is 2.71 bits per heavy atom. The molecule has 0 unspecified atom stereocenters. The van der Waals surface area contributed by atoms with Crippen LogP contribution < -0.4 is 14.4 Å². The number of sulfonamides is 1. The monoisotopic (exact) mass is 408 g/mol. The molecule has 0 saturated heterocycles. The lowest BCUT2D eigenvalue weighted by Crippen LogP contribution is -2.31. The third-order valence-corrected chi connectivity index (χ3v) is 5.69. The number of carbonyl (C=O) groups is 1. The summed E-state index contributed by atoms with van der Waals surface area (Å²) in [5, 5.41) is 0. The highest BCUT2D eigenvalue weighted by Crippen LogP contribution is 2.31. The van der Waals surface area contributed by atoms with Crippen molar-refractivity contribution in [3.05, 3.63) is 47.8 Å². The maximum Gasteiger partial charge on any atom is 0.262 e. The first-order chi connectivity index (χ1) is 13.4. The molecular formula is C19H21FN2O5S. The molecule has 9 heteroatoms. The Kier molecular flexibility index (Phi) is 5.85. The molecule has 150 valence electrons. The van der Waals surface area contributed by atoms with Gasteiger partial charge in [0.25, 0.3) is 15.9 Å². The van der Waals surface area contributed by atoms with E-state index in [4.69, 9.17) is 9.47 Å². The van der Waals surface area contributed by atoms with Crippen LogP contribution in [0.5, 0.6) is 5.75 Å². The predicted molar refractivity (Wildman–Crippen MR) is 103 cm³/mol. The molecule has 1 amide bonds. The van der Waals surface area contributed by atoms with Gasteiger partial charge in [-0.25, -0.2) is 12.8 Å². The first kappa shape index (κ1) is 20.1. The third-order valence-electron chi connectivity index (χ3n) is 4.31. The van der Waals surface area contributed by atoms with Gasteiger partial charge in [0.15, 0.2) is 11.6 Å². The molecule has 0 radical (unpaired) electrons. The second-order valence-corrected chi connectivity index (χ2v) is 7.89. The molecule has 0 fully saturated rings. The van der Waals surface area contributed by atoms with Gasteiger partial charge in [0.2, 0.25) is 0 Å². The third kappa shape index (κ3) is 4.10. The molecule has 28 heavy (non-hydrogen) atoms. The zero-order chi connectivity index (χ0) is 20.3. The number of carbonyl (C=O) groups excluding carboxylic acids is 1. The van der Waals surface area contributed by atoms with Gasteiger partial charge in [-0.2, -0.15) is 0 Å². The van der Waals surface area contributed by atoms with Crippen molar-refractivity contribution in [3.63, 3.8) is 0 Å². The van der Waals surface area contributed by atoms with E-state index in [9.17, 15) is 17.6 Å². The van der Waals surface area contributed by atoms with Crippen LogP contribution in [0.3, 0.4) is 0 Å². The smallest absolute Gasteiger partial charge is 0.262 e. The van der Waals surface area contributed by atoms with Crippen molar-refractivity contribution >= 4 is 27.3 Å². The Hall–Kier alpha value is -2.65. The van der Waals surface area contributed by atoms with Crippen molar-refractivity contribution in [2.45, 2.75) is 18.2 Å². The minimum atomic E-state index is -3.97. The van der Waals surface area contributed by atoms with E-state index >= 15 is 0 Å². The van der Waals surface area contributed by atoms with Crippen LogP contribution in [0, 0.1) is 5.82 Å². The summed E-state index contributed by atoms with van der Waals surface area (Å²) in [6.07, 6.45) is 0.609. The van der Waals surface area contributed by atoms with E-state index in [0.29, 0.717) is 18.7 Å². The number of nitrogens with zero attached hydrogens (tertiary/aromatic N) is 1. The zero-order valence-corrected chi connectivity index (χ0v) is 16.4. The quantitative estimate of drug-likeness (QED) is 0.761. The molecule has 7 nitrogen and oxygen atoms in total. The minimum absolute atomic E-state index is 0.000187. The standard InChI is InChI=1S/C19H21FN2O5S/c1-3-27-18-7-5-15(11-16(18)20)28(24,25)21-14-4-6-17-13(10-14)8-9-22(17)19(23)12-26-2/h4-7,10-11,21H,3,8-9,12H2,1-2H3. The first-order valence-electron chi connectivity index (χ1n) is 8.73. The zero-order valence-electron chi connectivity index (χ0n) is 15.6. The van der Waals surface area contributed by atoms with Crippen LogP contribution >= 0.6 is 0 Å². The molecule has 1 aliphatic rings. The highest BCUT2D eigenvalue weighted by Gasteiger charge is 2.25. The average molecular weight is 408 g/mol. The molecule has 3 rings (SSSR count). The molecule has 1 heterocycles. The highest BCUT2D eigenvalue weighted by molar-refractivity contribution is 7.92. The number of rotatable bonds is 7. The second kappa shape index (κ2) is 8.15. The largest absolute Gasteiger partial charge is 0.491 e. The summed E-state index contributed by atoms with van der Waals surface area (Å²) in [5.74, 6) is -0.898. The number of benzene rings is 2. The lowest BCUT2D eigenvalue weighted by Gasteiger charge is -2.17.